The molecule has 2 atom stereocenters. The third-order valence-corrected chi connectivity index (χ3v) is 4.44. The zero-order valence-corrected chi connectivity index (χ0v) is 9.86. The number of hydrazine groups is 1. The highest BCUT2D eigenvalue weighted by Gasteiger charge is 2.39. The second-order valence-corrected chi connectivity index (χ2v) is 5.52. The van der Waals surface area contributed by atoms with Gasteiger partial charge in [0.1, 0.15) is 0 Å². The summed E-state index contributed by atoms with van der Waals surface area (Å²) in [6.07, 6.45) is 9.24. The van der Waals surface area contributed by atoms with Crippen molar-refractivity contribution in [3.05, 3.63) is 0 Å². The summed E-state index contributed by atoms with van der Waals surface area (Å²) in [4.78, 5) is 7.21. The number of piperidine rings is 1. The van der Waals surface area contributed by atoms with Gasteiger partial charge in [-0.15, -0.1) is 0 Å². The van der Waals surface area contributed by atoms with E-state index < -0.39 is 0 Å². The first-order chi connectivity index (χ1) is 7.86. The van der Waals surface area contributed by atoms with Crippen LogP contribution in [0.3, 0.4) is 0 Å². The summed E-state index contributed by atoms with van der Waals surface area (Å²) in [5.74, 6) is 7.49. The second kappa shape index (κ2) is 4.24. The molecule has 0 aromatic heterocycles. The Bertz CT molecular complexity index is 283. The number of guanidine groups is 1. The Kier molecular flexibility index (Phi) is 2.75. The van der Waals surface area contributed by atoms with Crippen LogP contribution in [0.5, 0.6) is 0 Å². The predicted molar refractivity (Wildman–Crippen MR) is 64.8 cm³/mol. The van der Waals surface area contributed by atoms with Crippen LogP contribution in [-0.2, 0) is 0 Å². The minimum Gasteiger partial charge on any atom is -0.339 e. The molecule has 4 heteroatoms. The SMILES string of the molecule is NNC(=NC1CCCC1)N1CC2CCC1C2. The molecule has 2 saturated carbocycles. The van der Waals surface area contributed by atoms with Crippen LogP contribution in [0.4, 0.5) is 0 Å². The molecule has 2 unspecified atom stereocenters. The van der Waals surface area contributed by atoms with Crippen LogP contribution < -0.4 is 11.3 Å². The molecule has 16 heavy (non-hydrogen) atoms. The minimum absolute atomic E-state index is 0.519. The van der Waals surface area contributed by atoms with Crippen molar-refractivity contribution in [1.29, 1.82) is 0 Å². The van der Waals surface area contributed by atoms with Gasteiger partial charge in [-0.2, -0.15) is 0 Å². The monoisotopic (exact) mass is 222 g/mol. The molecule has 3 N–H and O–H groups in total. The van der Waals surface area contributed by atoms with E-state index in [1.807, 2.05) is 0 Å². The molecule has 3 aliphatic rings. The Hall–Kier alpha value is -0.770. The van der Waals surface area contributed by atoms with Gasteiger partial charge in [0.15, 0.2) is 0 Å². The van der Waals surface area contributed by atoms with Crippen LogP contribution in [0.15, 0.2) is 4.99 Å². The summed E-state index contributed by atoms with van der Waals surface area (Å²) < 4.78 is 0. The van der Waals surface area contributed by atoms with E-state index in [4.69, 9.17) is 10.8 Å². The molecule has 1 aliphatic heterocycles. The molecule has 0 aromatic rings. The highest BCUT2D eigenvalue weighted by molar-refractivity contribution is 5.80. The van der Waals surface area contributed by atoms with Crippen molar-refractivity contribution in [3.8, 4) is 0 Å². The third kappa shape index (κ3) is 1.79. The van der Waals surface area contributed by atoms with E-state index in [1.165, 1.54) is 51.5 Å². The lowest BCUT2D eigenvalue weighted by molar-refractivity contribution is 0.315. The lowest BCUT2D eigenvalue weighted by Crippen LogP contribution is -2.48. The van der Waals surface area contributed by atoms with Gasteiger partial charge in [0.2, 0.25) is 5.96 Å². The van der Waals surface area contributed by atoms with Gasteiger partial charge in [0, 0.05) is 12.6 Å². The Labute approximate surface area is 97.3 Å². The van der Waals surface area contributed by atoms with Crippen molar-refractivity contribution >= 4 is 5.96 Å². The molecule has 3 fully saturated rings. The summed E-state index contributed by atoms with van der Waals surface area (Å²) in [6, 6.07) is 1.23. The molecule has 2 bridgehead atoms. The number of hydrogen-bond donors (Lipinski definition) is 2. The second-order valence-electron chi connectivity index (χ2n) is 5.52. The molecule has 0 aromatic carbocycles. The zero-order valence-electron chi connectivity index (χ0n) is 9.86. The summed E-state index contributed by atoms with van der Waals surface area (Å²) in [5.41, 5.74) is 2.83. The quantitative estimate of drug-likeness (QED) is 0.304. The first-order valence-corrected chi connectivity index (χ1v) is 6.68. The van der Waals surface area contributed by atoms with E-state index in [0.717, 1.165) is 11.9 Å². The van der Waals surface area contributed by atoms with Gasteiger partial charge < -0.3 is 4.90 Å². The Morgan fingerprint density at radius 3 is 2.56 bits per heavy atom. The highest BCUT2D eigenvalue weighted by atomic mass is 15.4. The topological polar surface area (TPSA) is 53.6 Å². The van der Waals surface area contributed by atoms with Gasteiger partial charge in [0.05, 0.1) is 6.04 Å². The van der Waals surface area contributed by atoms with Gasteiger partial charge in [-0.05, 0) is 38.0 Å². The Balaban J connectivity index is 1.70. The number of hydrogen-bond acceptors (Lipinski definition) is 2. The van der Waals surface area contributed by atoms with Crippen LogP contribution in [0.2, 0.25) is 0 Å². The van der Waals surface area contributed by atoms with Crippen molar-refractivity contribution < 1.29 is 0 Å². The van der Waals surface area contributed by atoms with Gasteiger partial charge in [-0.25, -0.2) is 10.8 Å². The summed E-state index contributed by atoms with van der Waals surface area (Å²) in [6.45, 7) is 1.17. The molecule has 3 rings (SSSR count). The van der Waals surface area contributed by atoms with Crippen LogP contribution in [0.25, 0.3) is 0 Å². The van der Waals surface area contributed by atoms with Crippen molar-refractivity contribution in [2.75, 3.05) is 6.54 Å². The first-order valence-electron chi connectivity index (χ1n) is 6.68. The third-order valence-electron chi connectivity index (χ3n) is 4.44. The Morgan fingerprint density at radius 1 is 1.19 bits per heavy atom. The lowest BCUT2D eigenvalue weighted by atomic mass is 10.1. The van der Waals surface area contributed by atoms with Crippen molar-refractivity contribution in [2.24, 2.45) is 16.8 Å². The van der Waals surface area contributed by atoms with E-state index >= 15 is 0 Å². The zero-order chi connectivity index (χ0) is 11.0. The van der Waals surface area contributed by atoms with E-state index in [9.17, 15) is 0 Å². The Morgan fingerprint density at radius 2 is 2.00 bits per heavy atom. The maximum Gasteiger partial charge on any atom is 0.208 e. The fourth-order valence-electron chi connectivity index (χ4n) is 3.58. The highest BCUT2D eigenvalue weighted by Crippen LogP contribution is 2.37. The molecule has 0 radical (unpaired) electrons. The van der Waals surface area contributed by atoms with E-state index in [0.29, 0.717) is 12.1 Å². The van der Waals surface area contributed by atoms with E-state index in [1.54, 1.807) is 0 Å². The lowest BCUT2D eigenvalue weighted by Gasteiger charge is -2.30. The molecule has 1 saturated heterocycles. The van der Waals surface area contributed by atoms with E-state index in [-0.39, 0.29) is 0 Å². The number of nitrogens with one attached hydrogen (secondary N) is 1. The minimum atomic E-state index is 0.519. The fourth-order valence-corrected chi connectivity index (χ4v) is 3.58. The predicted octanol–water partition coefficient (Wildman–Crippen LogP) is 1.23. The summed E-state index contributed by atoms with van der Waals surface area (Å²) in [5, 5.41) is 0. The maximum atomic E-state index is 5.64. The van der Waals surface area contributed by atoms with Gasteiger partial charge >= 0.3 is 0 Å². The van der Waals surface area contributed by atoms with Gasteiger partial charge in [-0.1, -0.05) is 12.8 Å². The van der Waals surface area contributed by atoms with Crippen LogP contribution in [0.1, 0.15) is 44.9 Å². The molecule has 90 valence electrons. The average Bonchev–Trinajstić information content (AvgIpc) is 3.02. The maximum absolute atomic E-state index is 5.64. The molecule has 4 nitrogen and oxygen atoms in total. The normalized spacial score (nSPS) is 35.1. The number of nitrogens with zero attached hydrogens (tertiary/aromatic N) is 2. The van der Waals surface area contributed by atoms with Crippen LogP contribution >= 0.6 is 0 Å². The van der Waals surface area contributed by atoms with Gasteiger partial charge in [-0.3, -0.25) is 5.43 Å². The van der Waals surface area contributed by atoms with Crippen molar-refractivity contribution in [1.82, 2.24) is 10.3 Å². The molecule has 0 spiro atoms. The fraction of sp³-hybridized carbons (Fsp3) is 0.917. The standard InChI is InChI=1S/C12H22N4/c13-15-12(14-10-3-1-2-4-10)16-8-9-5-6-11(16)7-9/h9-11H,1-8,13H2,(H,14,15). The number of rotatable bonds is 1. The average molecular weight is 222 g/mol. The molecular weight excluding hydrogens is 200 g/mol. The summed E-state index contributed by atoms with van der Waals surface area (Å²) >= 11 is 0. The van der Waals surface area contributed by atoms with Gasteiger partial charge in [0.25, 0.3) is 0 Å². The van der Waals surface area contributed by atoms with Crippen molar-refractivity contribution in [2.45, 2.75) is 57.0 Å². The van der Waals surface area contributed by atoms with Crippen LogP contribution in [0, 0.1) is 5.92 Å². The van der Waals surface area contributed by atoms with Crippen molar-refractivity contribution in [3.63, 3.8) is 0 Å². The number of likely N-dealkylation sites (tertiary alicyclic amines) is 1. The van der Waals surface area contributed by atoms with Crippen LogP contribution in [-0.4, -0.2) is 29.5 Å². The number of fused-ring (bicyclic) bond motifs is 2. The molecule has 2 aliphatic carbocycles. The number of aliphatic imine (C=N–C) groups is 1. The number of nitrogens with two attached hydrogens (primary N) is 1. The molecular formula is C12H22N4. The largest absolute Gasteiger partial charge is 0.339 e. The first kappa shape index (κ1) is 10.4. The molecule has 0 amide bonds. The molecule has 1 heterocycles. The van der Waals surface area contributed by atoms with E-state index in [2.05, 4.69) is 10.3 Å². The summed E-state index contributed by atoms with van der Waals surface area (Å²) in [7, 11) is 0. The smallest absolute Gasteiger partial charge is 0.208 e.